The summed E-state index contributed by atoms with van der Waals surface area (Å²) in [6.07, 6.45) is 5.09. The van der Waals surface area contributed by atoms with Gasteiger partial charge in [0.1, 0.15) is 7.05 Å². The van der Waals surface area contributed by atoms with Gasteiger partial charge in [0.2, 0.25) is 0 Å². The van der Waals surface area contributed by atoms with Crippen molar-refractivity contribution in [2.24, 2.45) is 7.05 Å². The number of hydroxylamine groups is 1. The molecule has 0 atom stereocenters. The molecule has 5 nitrogen and oxygen atoms in total. The summed E-state index contributed by atoms with van der Waals surface area (Å²) in [5.41, 5.74) is 4.02. The Balaban J connectivity index is 3.02. The normalized spacial score (nSPS) is 11.1. The van der Waals surface area contributed by atoms with E-state index in [0.29, 0.717) is 5.70 Å². The second kappa shape index (κ2) is 5.87. The molecule has 0 bridgehead atoms. The Morgan fingerprint density at radius 2 is 2.25 bits per heavy atom. The molecule has 1 N–H and O–H groups in total. The zero-order valence-corrected chi connectivity index (χ0v) is 9.56. The van der Waals surface area contributed by atoms with Crippen molar-refractivity contribution in [3.63, 3.8) is 0 Å². The molecule has 0 saturated heterocycles. The van der Waals surface area contributed by atoms with Gasteiger partial charge in [-0.2, -0.15) is 0 Å². The molecule has 16 heavy (non-hydrogen) atoms. The van der Waals surface area contributed by atoms with E-state index >= 15 is 0 Å². The molecule has 1 rings (SSSR count). The van der Waals surface area contributed by atoms with Gasteiger partial charge in [-0.1, -0.05) is 0 Å². The van der Waals surface area contributed by atoms with Crippen LogP contribution in [0.5, 0.6) is 0 Å². The number of aromatic nitrogens is 1. The molecule has 0 radical (unpaired) electrons. The molecule has 86 valence electrons. The van der Waals surface area contributed by atoms with Gasteiger partial charge in [-0.05, 0) is 6.07 Å². The minimum atomic E-state index is -0.439. The maximum absolute atomic E-state index is 11.2. The fourth-order valence-corrected chi connectivity index (χ4v) is 1.21. The number of nitrogens with one attached hydrogen (secondary N) is 1. The van der Waals surface area contributed by atoms with Crippen LogP contribution in [0.4, 0.5) is 0 Å². The summed E-state index contributed by atoms with van der Waals surface area (Å²) in [5, 5.41) is 0. The molecule has 0 fully saturated rings. The summed E-state index contributed by atoms with van der Waals surface area (Å²) in [5.74, 6) is -0.439. The first-order chi connectivity index (χ1) is 7.67. The van der Waals surface area contributed by atoms with Gasteiger partial charge < -0.3 is 4.74 Å². The van der Waals surface area contributed by atoms with Gasteiger partial charge in [0.25, 0.3) is 0 Å². The van der Waals surface area contributed by atoms with Crippen molar-refractivity contribution in [1.82, 2.24) is 5.48 Å². The highest BCUT2D eigenvalue weighted by Crippen LogP contribution is 2.08. The lowest BCUT2D eigenvalue weighted by Gasteiger charge is -2.06. The Hall–Kier alpha value is -1.88. The summed E-state index contributed by atoms with van der Waals surface area (Å²) < 4.78 is 6.43. The van der Waals surface area contributed by atoms with Crippen LogP contribution in [-0.2, 0) is 21.4 Å². The molecule has 1 aromatic heterocycles. The second-order valence-corrected chi connectivity index (χ2v) is 3.15. The number of hydrogen-bond donors (Lipinski definition) is 1. The molecule has 1 heterocycles. The van der Waals surface area contributed by atoms with E-state index in [9.17, 15) is 4.79 Å². The van der Waals surface area contributed by atoms with Gasteiger partial charge in [-0.25, -0.2) is 9.36 Å². The van der Waals surface area contributed by atoms with Crippen LogP contribution in [0.2, 0.25) is 0 Å². The van der Waals surface area contributed by atoms with E-state index in [1.54, 1.807) is 0 Å². The lowest BCUT2D eigenvalue weighted by Crippen LogP contribution is -2.27. The zero-order chi connectivity index (χ0) is 12.0. The van der Waals surface area contributed by atoms with Gasteiger partial charge >= 0.3 is 5.97 Å². The van der Waals surface area contributed by atoms with E-state index in [1.807, 2.05) is 36.1 Å². The van der Waals surface area contributed by atoms with Gasteiger partial charge in [-0.15, -0.1) is 0 Å². The van der Waals surface area contributed by atoms with Gasteiger partial charge in [0.05, 0.1) is 25.5 Å². The highest BCUT2D eigenvalue weighted by Gasteiger charge is 2.07. The Morgan fingerprint density at radius 1 is 1.50 bits per heavy atom. The Morgan fingerprint density at radius 3 is 2.81 bits per heavy atom. The summed E-state index contributed by atoms with van der Waals surface area (Å²) in [7, 11) is 4.70. The van der Waals surface area contributed by atoms with Gasteiger partial charge in [0, 0.05) is 12.1 Å². The first kappa shape index (κ1) is 12.2. The summed E-state index contributed by atoms with van der Waals surface area (Å²) in [6, 6.07) is 3.73. The summed E-state index contributed by atoms with van der Waals surface area (Å²) in [4.78, 5) is 16.0. The molecular formula is C11H15N2O3+. The van der Waals surface area contributed by atoms with Crippen molar-refractivity contribution in [1.29, 1.82) is 0 Å². The number of carbonyl (C=O) groups excluding carboxylic acids is 1. The lowest BCUT2D eigenvalue weighted by molar-refractivity contribution is -0.671. The number of carbonyl (C=O) groups is 1. The number of hydrogen-bond acceptors (Lipinski definition) is 4. The number of esters is 1. The Labute approximate surface area is 94.3 Å². The average Bonchev–Trinajstić information content (AvgIpc) is 2.28. The number of nitrogens with zero attached hydrogens (tertiary/aromatic N) is 1. The van der Waals surface area contributed by atoms with E-state index in [4.69, 9.17) is 4.84 Å². The summed E-state index contributed by atoms with van der Waals surface area (Å²) >= 11 is 0. The molecule has 0 amide bonds. The van der Waals surface area contributed by atoms with Gasteiger partial charge in [0.15, 0.2) is 12.4 Å². The van der Waals surface area contributed by atoms with E-state index in [-0.39, 0.29) is 0 Å². The third-order valence-electron chi connectivity index (χ3n) is 1.93. The minimum Gasteiger partial charge on any atom is -0.466 e. The third kappa shape index (κ3) is 3.36. The number of pyridine rings is 1. The maximum atomic E-state index is 11.2. The highest BCUT2D eigenvalue weighted by atomic mass is 16.6. The predicted octanol–water partition coefficient (Wildman–Crippen LogP) is 0.176. The van der Waals surface area contributed by atoms with Crippen LogP contribution in [-0.4, -0.2) is 20.2 Å². The second-order valence-electron chi connectivity index (χ2n) is 3.15. The largest absolute Gasteiger partial charge is 0.466 e. The van der Waals surface area contributed by atoms with E-state index < -0.39 is 5.97 Å². The minimum absolute atomic E-state index is 0.439. The Kier molecular flexibility index (Phi) is 4.47. The lowest BCUT2D eigenvalue weighted by atomic mass is 10.2. The highest BCUT2D eigenvalue weighted by molar-refractivity contribution is 5.90. The fourth-order valence-electron chi connectivity index (χ4n) is 1.21. The van der Waals surface area contributed by atoms with E-state index in [0.717, 1.165) is 5.56 Å². The molecule has 0 aliphatic heterocycles. The van der Waals surface area contributed by atoms with Crippen LogP contribution in [0.15, 0.2) is 30.6 Å². The topological polar surface area (TPSA) is 51.4 Å². The zero-order valence-electron chi connectivity index (χ0n) is 9.56. The van der Waals surface area contributed by atoms with Crippen LogP contribution in [0.3, 0.4) is 0 Å². The number of ether oxygens (including phenoxy) is 1. The van der Waals surface area contributed by atoms with Crippen LogP contribution in [0.1, 0.15) is 5.56 Å². The monoisotopic (exact) mass is 223 g/mol. The van der Waals surface area contributed by atoms with E-state index in [2.05, 4.69) is 10.2 Å². The number of methoxy groups -OCH3 is 1. The predicted molar refractivity (Wildman–Crippen MR) is 57.8 cm³/mol. The van der Waals surface area contributed by atoms with Crippen molar-refractivity contribution in [3.05, 3.63) is 36.2 Å². The molecule has 0 spiro atoms. The van der Waals surface area contributed by atoms with Crippen molar-refractivity contribution < 1.29 is 18.9 Å². The van der Waals surface area contributed by atoms with Crippen molar-refractivity contribution in [3.8, 4) is 0 Å². The molecule has 0 unspecified atom stereocenters. The maximum Gasteiger partial charge on any atom is 0.332 e. The van der Waals surface area contributed by atoms with Crippen molar-refractivity contribution >= 4 is 11.7 Å². The third-order valence-corrected chi connectivity index (χ3v) is 1.93. The number of rotatable bonds is 4. The molecular weight excluding hydrogens is 208 g/mol. The van der Waals surface area contributed by atoms with Crippen LogP contribution >= 0.6 is 0 Å². The molecule has 0 aromatic carbocycles. The molecule has 5 heteroatoms. The molecule has 1 aromatic rings. The standard InChI is InChI=1S/C11H14N2O3/c1-13-6-4-5-9(8-13)10(12-16-3)7-11(14)15-2/h4-8H,1-3H3/p+1. The first-order valence-electron chi connectivity index (χ1n) is 4.71. The quantitative estimate of drug-likeness (QED) is 0.342. The smallest absolute Gasteiger partial charge is 0.332 e. The average molecular weight is 223 g/mol. The van der Waals surface area contributed by atoms with Crippen molar-refractivity contribution in [2.45, 2.75) is 0 Å². The van der Waals surface area contributed by atoms with Gasteiger partial charge in [-0.3, -0.25) is 10.3 Å². The van der Waals surface area contributed by atoms with Crippen LogP contribution in [0.25, 0.3) is 5.70 Å². The molecule has 0 saturated carbocycles. The van der Waals surface area contributed by atoms with E-state index in [1.165, 1.54) is 20.3 Å². The first-order valence-corrected chi connectivity index (χ1v) is 4.71. The summed E-state index contributed by atoms with van der Waals surface area (Å²) in [6.45, 7) is 0. The number of aryl methyl sites for hydroxylation is 1. The van der Waals surface area contributed by atoms with Crippen LogP contribution < -0.4 is 10.0 Å². The SMILES string of the molecule is CONC(=CC(=O)OC)c1ccc[n+](C)c1. The molecule has 0 aliphatic rings. The Bertz CT molecular complexity index is 402. The fraction of sp³-hybridized carbons (Fsp3) is 0.273. The molecule has 0 aliphatic carbocycles. The van der Waals surface area contributed by atoms with Crippen LogP contribution in [0, 0.1) is 0 Å². The van der Waals surface area contributed by atoms with Crippen molar-refractivity contribution in [2.75, 3.05) is 14.2 Å².